The van der Waals surface area contributed by atoms with Gasteiger partial charge in [0.2, 0.25) is 0 Å². The van der Waals surface area contributed by atoms with Crippen LogP contribution in [-0.2, 0) is 0 Å². The predicted molar refractivity (Wildman–Crippen MR) is 82.8 cm³/mol. The maximum atomic E-state index is 10.8. The molecule has 2 aromatic carbocycles. The van der Waals surface area contributed by atoms with Gasteiger partial charge in [0.15, 0.2) is 0 Å². The van der Waals surface area contributed by atoms with E-state index in [-0.39, 0.29) is 5.56 Å². The van der Waals surface area contributed by atoms with Crippen LogP contribution in [0.4, 0.5) is 5.69 Å². The highest BCUT2D eigenvalue weighted by Gasteiger charge is 2.01. The molecule has 0 amide bonds. The fourth-order valence-electron chi connectivity index (χ4n) is 1.59. The van der Waals surface area contributed by atoms with E-state index in [4.69, 9.17) is 5.11 Å². The maximum Gasteiger partial charge on any atom is 0.335 e. The summed E-state index contributed by atoms with van der Waals surface area (Å²) >= 11 is 1.69. The molecular weight excluding hydrogens is 272 g/mol. The highest BCUT2D eigenvalue weighted by molar-refractivity contribution is 7.98. The molecule has 5 heteroatoms. The summed E-state index contributed by atoms with van der Waals surface area (Å²) in [5, 5.41) is 13.0. The molecule has 2 aromatic rings. The molecule has 0 aromatic heterocycles. The first-order valence-corrected chi connectivity index (χ1v) is 7.18. The summed E-state index contributed by atoms with van der Waals surface area (Å²) in [6.07, 6.45) is 3.72. The average Bonchev–Trinajstić information content (AvgIpc) is 2.48. The van der Waals surface area contributed by atoms with E-state index in [0.29, 0.717) is 5.69 Å². The van der Waals surface area contributed by atoms with E-state index in [9.17, 15) is 4.79 Å². The van der Waals surface area contributed by atoms with Crippen molar-refractivity contribution in [2.24, 2.45) is 5.10 Å². The topological polar surface area (TPSA) is 61.7 Å². The van der Waals surface area contributed by atoms with Gasteiger partial charge in [-0.15, -0.1) is 11.8 Å². The lowest BCUT2D eigenvalue weighted by Crippen LogP contribution is -1.97. The summed E-state index contributed by atoms with van der Waals surface area (Å²) in [6.45, 7) is 0. The van der Waals surface area contributed by atoms with Crippen LogP contribution in [-0.4, -0.2) is 23.5 Å². The number of carbonyl (C=O) groups is 1. The maximum absolute atomic E-state index is 10.8. The van der Waals surface area contributed by atoms with Crippen LogP contribution in [0.5, 0.6) is 0 Å². The minimum absolute atomic E-state index is 0.231. The molecule has 102 valence electrons. The average molecular weight is 286 g/mol. The van der Waals surface area contributed by atoms with Crippen LogP contribution in [0, 0.1) is 0 Å². The summed E-state index contributed by atoms with van der Waals surface area (Å²) in [4.78, 5) is 12.0. The Bertz CT molecular complexity index is 624. The predicted octanol–water partition coefficient (Wildman–Crippen LogP) is 3.55. The van der Waals surface area contributed by atoms with Gasteiger partial charge >= 0.3 is 5.97 Å². The Morgan fingerprint density at radius 3 is 2.65 bits per heavy atom. The molecule has 0 saturated carbocycles. The molecule has 0 unspecified atom stereocenters. The van der Waals surface area contributed by atoms with Crippen molar-refractivity contribution in [2.75, 3.05) is 11.7 Å². The van der Waals surface area contributed by atoms with Crippen LogP contribution in [0.3, 0.4) is 0 Å². The second kappa shape index (κ2) is 6.77. The smallest absolute Gasteiger partial charge is 0.335 e. The molecule has 0 radical (unpaired) electrons. The van der Waals surface area contributed by atoms with Crippen molar-refractivity contribution in [3.63, 3.8) is 0 Å². The van der Waals surface area contributed by atoms with Gasteiger partial charge in [0.05, 0.1) is 17.5 Å². The van der Waals surface area contributed by atoms with Crippen molar-refractivity contribution in [3.05, 3.63) is 59.7 Å². The van der Waals surface area contributed by atoms with Crippen LogP contribution >= 0.6 is 11.8 Å². The molecule has 0 fully saturated rings. The van der Waals surface area contributed by atoms with E-state index in [0.717, 1.165) is 5.56 Å². The van der Waals surface area contributed by atoms with Crippen molar-refractivity contribution in [2.45, 2.75) is 4.90 Å². The van der Waals surface area contributed by atoms with Crippen LogP contribution in [0.25, 0.3) is 0 Å². The molecule has 0 aliphatic carbocycles. The number of hydrogen-bond donors (Lipinski definition) is 2. The van der Waals surface area contributed by atoms with Crippen molar-refractivity contribution >= 4 is 29.6 Å². The first-order valence-electron chi connectivity index (χ1n) is 5.95. The molecule has 0 atom stereocenters. The van der Waals surface area contributed by atoms with Gasteiger partial charge in [-0.25, -0.2) is 4.79 Å². The summed E-state index contributed by atoms with van der Waals surface area (Å²) in [5.41, 5.74) is 4.67. The summed E-state index contributed by atoms with van der Waals surface area (Å²) in [7, 11) is 0. The Hall–Kier alpha value is -2.27. The van der Waals surface area contributed by atoms with Gasteiger partial charge in [0, 0.05) is 4.90 Å². The van der Waals surface area contributed by atoms with Crippen molar-refractivity contribution < 1.29 is 9.90 Å². The second-order valence-corrected chi connectivity index (χ2v) is 4.91. The Morgan fingerprint density at radius 2 is 2.00 bits per heavy atom. The molecule has 0 heterocycles. The Balaban J connectivity index is 2.02. The number of benzene rings is 2. The SMILES string of the molecule is CSc1ccc(/C=N/Nc2cccc(C(=O)O)c2)cc1. The number of anilines is 1. The number of aromatic carboxylic acids is 1. The Labute approximate surface area is 121 Å². The fraction of sp³-hybridized carbons (Fsp3) is 0.0667. The van der Waals surface area contributed by atoms with Crippen LogP contribution in [0.15, 0.2) is 58.5 Å². The number of nitrogens with one attached hydrogen (secondary N) is 1. The third kappa shape index (κ3) is 3.86. The monoisotopic (exact) mass is 286 g/mol. The number of thioether (sulfide) groups is 1. The molecule has 0 saturated heterocycles. The third-order valence-corrected chi connectivity index (χ3v) is 3.38. The van der Waals surface area contributed by atoms with Gasteiger partial charge in [-0.05, 0) is 42.2 Å². The minimum atomic E-state index is -0.953. The molecular formula is C15H14N2O2S. The number of hydrazone groups is 1. The Morgan fingerprint density at radius 1 is 1.25 bits per heavy atom. The van der Waals surface area contributed by atoms with E-state index < -0.39 is 5.97 Å². The number of nitrogens with zero attached hydrogens (tertiary/aromatic N) is 1. The van der Waals surface area contributed by atoms with Crippen LogP contribution < -0.4 is 5.43 Å². The number of carboxylic acids is 1. The summed E-state index contributed by atoms with van der Waals surface area (Å²) in [5.74, 6) is -0.953. The van der Waals surface area contributed by atoms with Gasteiger partial charge in [0.1, 0.15) is 0 Å². The lowest BCUT2D eigenvalue weighted by molar-refractivity contribution is 0.0697. The van der Waals surface area contributed by atoms with Crippen molar-refractivity contribution in [1.82, 2.24) is 0 Å². The number of carboxylic acid groups (broad SMARTS) is 1. The van der Waals surface area contributed by atoms with E-state index in [1.165, 1.54) is 11.0 Å². The van der Waals surface area contributed by atoms with Crippen LogP contribution in [0.2, 0.25) is 0 Å². The molecule has 0 spiro atoms. The standard InChI is InChI=1S/C15H14N2O2S/c1-20-14-7-5-11(6-8-14)10-16-17-13-4-2-3-12(9-13)15(18)19/h2-10,17H,1H3,(H,18,19)/b16-10+. The molecule has 0 aliphatic rings. The molecule has 2 N–H and O–H groups in total. The lowest BCUT2D eigenvalue weighted by atomic mass is 10.2. The zero-order chi connectivity index (χ0) is 14.4. The summed E-state index contributed by atoms with van der Waals surface area (Å²) in [6, 6.07) is 14.5. The van der Waals surface area contributed by atoms with E-state index >= 15 is 0 Å². The molecule has 2 rings (SSSR count). The number of hydrogen-bond acceptors (Lipinski definition) is 4. The number of rotatable bonds is 5. The van der Waals surface area contributed by atoms with Gasteiger partial charge in [0.25, 0.3) is 0 Å². The van der Waals surface area contributed by atoms with Crippen LogP contribution in [0.1, 0.15) is 15.9 Å². The van der Waals surface area contributed by atoms with E-state index in [1.807, 2.05) is 30.5 Å². The fourth-order valence-corrected chi connectivity index (χ4v) is 2.00. The largest absolute Gasteiger partial charge is 0.478 e. The van der Waals surface area contributed by atoms with Gasteiger partial charge in [-0.1, -0.05) is 18.2 Å². The third-order valence-electron chi connectivity index (χ3n) is 2.63. The lowest BCUT2D eigenvalue weighted by Gasteiger charge is -2.01. The minimum Gasteiger partial charge on any atom is -0.478 e. The highest BCUT2D eigenvalue weighted by atomic mass is 32.2. The quantitative estimate of drug-likeness (QED) is 0.501. The highest BCUT2D eigenvalue weighted by Crippen LogP contribution is 2.14. The molecule has 0 bridgehead atoms. The zero-order valence-corrected chi connectivity index (χ0v) is 11.7. The van der Waals surface area contributed by atoms with E-state index in [2.05, 4.69) is 10.5 Å². The second-order valence-electron chi connectivity index (χ2n) is 4.03. The van der Waals surface area contributed by atoms with Gasteiger partial charge < -0.3 is 5.11 Å². The normalized spacial score (nSPS) is 10.7. The first-order chi connectivity index (χ1) is 9.69. The van der Waals surface area contributed by atoms with Crippen molar-refractivity contribution in [3.8, 4) is 0 Å². The first kappa shape index (κ1) is 14.1. The molecule has 20 heavy (non-hydrogen) atoms. The Kier molecular flexibility index (Phi) is 4.79. The van der Waals surface area contributed by atoms with Crippen molar-refractivity contribution in [1.29, 1.82) is 0 Å². The summed E-state index contributed by atoms with van der Waals surface area (Å²) < 4.78 is 0. The molecule has 0 aliphatic heterocycles. The van der Waals surface area contributed by atoms with E-state index in [1.54, 1.807) is 36.2 Å². The van der Waals surface area contributed by atoms with Gasteiger partial charge in [-0.3, -0.25) is 5.43 Å². The zero-order valence-electron chi connectivity index (χ0n) is 10.9. The molecule has 4 nitrogen and oxygen atoms in total. The van der Waals surface area contributed by atoms with Gasteiger partial charge in [-0.2, -0.15) is 5.10 Å².